The molecule has 2 aromatic rings. The summed E-state index contributed by atoms with van der Waals surface area (Å²) >= 11 is 0. The summed E-state index contributed by atoms with van der Waals surface area (Å²) in [5.74, 6) is 0.403. The molecule has 1 N–H and O–H groups in total. The molecule has 0 saturated heterocycles. The molecule has 2 fully saturated rings. The number of aryl methyl sites for hydroxylation is 1. The highest BCUT2D eigenvalue weighted by Gasteiger charge is 2.48. The van der Waals surface area contributed by atoms with Gasteiger partial charge in [-0.05, 0) is 56.6 Å². The molecule has 3 aliphatic carbocycles. The Hall–Kier alpha value is -3.04. The number of halogens is 4. The second-order valence-electron chi connectivity index (χ2n) is 9.57. The van der Waals surface area contributed by atoms with Crippen LogP contribution in [0.4, 0.5) is 17.6 Å². The minimum absolute atomic E-state index is 0.177. The van der Waals surface area contributed by atoms with Gasteiger partial charge in [-0.1, -0.05) is 6.08 Å². The number of fused-ring (bicyclic) bond motifs is 1. The van der Waals surface area contributed by atoms with Gasteiger partial charge in [0.05, 0.1) is 5.54 Å². The van der Waals surface area contributed by atoms with Crippen LogP contribution in [0.3, 0.4) is 0 Å². The zero-order chi connectivity index (χ0) is 23.8. The third kappa shape index (κ3) is 3.95. The SMILES string of the molecule is Cn1nc(C(F)(F)F)cc1C(=O)NC1(c2cnc(C3=CC4CC4C(C(C)(C)F)=C3)nc2)CC1. The van der Waals surface area contributed by atoms with Gasteiger partial charge in [-0.2, -0.15) is 18.3 Å². The van der Waals surface area contributed by atoms with Crippen molar-refractivity contribution in [1.82, 2.24) is 25.1 Å². The number of nitrogens with one attached hydrogen (secondary N) is 1. The van der Waals surface area contributed by atoms with Crippen molar-refractivity contribution in [3.05, 3.63) is 59.0 Å². The average molecular weight is 461 g/mol. The number of hydrogen-bond acceptors (Lipinski definition) is 4. The largest absolute Gasteiger partial charge is 0.435 e. The van der Waals surface area contributed by atoms with Gasteiger partial charge in [-0.15, -0.1) is 0 Å². The maximum atomic E-state index is 14.6. The van der Waals surface area contributed by atoms with Gasteiger partial charge in [0.2, 0.25) is 0 Å². The van der Waals surface area contributed by atoms with E-state index in [4.69, 9.17) is 0 Å². The van der Waals surface area contributed by atoms with E-state index < -0.39 is 29.0 Å². The van der Waals surface area contributed by atoms with Crippen LogP contribution in [0.15, 0.2) is 36.2 Å². The van der Waals surface area contributed by atoms with Crippen LogP contribution in [-0.4, -0.2) is 31.3 Å². The van der Waals surface area contributed by atoms with Gasteiger partial charge in [0, 0.05) is 36.6 Å². The van der Waals surface area contributed by atoms with Gasteiger partial charge in [-0.25, -0.2) is 14.4 Å². The van der Waals surface area contributed by atoms with Crippen LogP contribution in [0, 0.1) is 11.8 Å². The van der Waals surface area contributed by atoms with Crippen molar-refractivity contribution in [2.75, 3.05) is 0 Å². The second kappa shape index (κ2) is 6.98. The minimum Gasteiger partial charge on any atom is -0.341 e. The molecule has 3 aliphatic rings. The van der Waals surface area contributed by atoms with E-state index in [1.807, 2.05) is 6.08 Å². The van der Waals surface area contributed by atoms with Crippen LogP contribution in [0.2, 0.25) is 0 Å². The minimum atomic E-state index is -4.63. The lowest BCUT2D eigenvalue weighted by Crippen LogP contribution is -2.36. The maximum Gasteiger partial charge on any atom is 0.435 e. The summed E-state index contributed by atoms with van der Waals surface area (Å²) in [6.07, 6.45) is 4.69. The summed E-state index contributed by atoms with van der Waals surface area (Å²) in [7, 11) is 1.30. The molecule has 33 heavy (non-hydrogen) atoms. The molecule has 0 spiro atoms. The van der Waals surface area contributed by atoms with Crippen LogP contribution in [0.1, 0.15) is 60.7 Å². The summed E-state index contributed by atoms with van der Waals surface area (Å²) in [6.45, 7) is 3.11. The quantitative estimate of drug-likeness (QED) is 0.672. The maximum absolute atomic E-state index is 14.6. The topological polar surface area (TPSA) is 72.7 Å². The van der Waals surface area contributed by atoms with Crippen LogP contribution >= 0.6 is 0 Å². The third-order valence-electron chi connectivity index (χ3n) is 6.60. The molecule has 0 aromatic carbocycles. The second-order valence-corrected chi connectivity index (χ2v) is 9.57. The molecule has 2 unspecified atom stereocenters. The smallest absolute Gasteiger partial charge is 0.341 e. The molecular formula is C23H23F4N5O. The lowest BCUT2D eigenvalue weighted by atomic mass is 9.89. The summed E-state index contributed by atoms with van der Waals surface area (Å²) in [5, 5.41) is 6.21. The Bertz CT molecular complexity index is 1180. The van der Waals surface area contributed by atoms with Crippen molar-refractivity contribution in [2.45, 2.75) is 50.5 Å². The van der Waals surface area contributed by atoms with E-state index in [2.05, 4.69) is 26.5 Å². The van der Waals surface area contributed by atoms with E-state index >= 15 is 0 Å². The number of amides is 1. The molecule has 0 radical (unpaired) electrons. The molecular weight excluding hydrogens is 438 g/mol. The van der Waals surface area contributed by atoms with Crippen LogP contribution in [0.25, 0.3) is 5.57 Å². The fraction of sp³-hybridized carbons (Fsp3) is 0.478. The fourth-order valence-corrected chi connectivity index (χ4v) is 4.50. The van der Waals surface area contributed by atoms with E-state index in [0.717, 1.165) is 28.3 Å². The highest BCUT2D eigenvalue weighted by molar-refractivity contribution is 5.93. The summed E-state index contributed by atoms with van der Waals surface area (Å²) < 4.78 is 54.2. The van der Waals surface area contributed by atoms with Crippen molar-refractivity contribution >= 4 is 11.5 Å². The molecule has 1 amide bonds. The first-order chi connectivity index (χ1) is 15.4. The molecule has 5 rings (SSSR count). The molecule has 10 heteroatoms. The predicted molar refractivity (Wildman–Crippen MR) is 111 cm³/mol. The van der Waals surface area contributed by atoms with E-state index in [0.29, 0.717) is 30.1 Å². The highest BCUT2D eigenvalue weighted by atomic mass is 19.4. The molecule has 0 aliphatic heterocycles. The van der Waals surface area contributed by atoms with Crippen molar-refractivity contribution in [2.24, 2.45) is 18.9 Å². The van der Waals surface area contributed by atoms with Gasteiger partial charge in [0.15, 0.2) is 11.5 Å². The lowest BCUT2D eigenvalue weighted by molar-refractivity contribution is -0.141. The van der Waals surface area contributed by atoms with E-state index in [9.17, 15) is 22.4 Å². The van der Waals surface area contributed by atoms with Gasteiger partial charge in [-0.3, -0.25) is 9.48 Å². The normalized spacial score (nSPS) is 23.4. The Balaban J connectivity index is 1.34. The number of hydrogen-bond donors (Lipinski definition) is 1. The molecule has 2 atom stereocenters. The third-order valence-corrected chi connectivity index (χ3v) is 6.60. The molecule has 6 nitrogen and oxygen atoms in total. The monoisotopic (exact) mass is 461 g/mol. The standard InChI is InChI=1S/C23H23F4N5O/c1-21(2,24)16-8-13(6-12-7-15(12)16)19-28-10-14(11-29-19)22(4-5-22)30-20(33)17-9-18(23(25,26)27)31-32(17)3/h6,8-12,15H,4-5,7H2,1-3H3,(H,30,33). The van der Waals surface area contributed by atoms with Gasteiger partial charge in [0.25, 0.3) is 5.91 Å². The number of carbonyl (C=O) groups is 1. The molecule has 2 heterocycles. The van der Waals surface area contributed by atoms with Gasteiger partial charge in [0.1, 0.15) is 11.4 Å². The Morgan fingerprint density at radius 3 is 2.39 bits per heavy atom. The summed E-state index contributed by atoms with van der Waals surface area (Å²) in [5.41, 5.74) is -1.20. The van der Waals surface area contributed by atoms with Crippen molar-refractivity contribution in [1.29, 1.82) is 0 Å². The number of rotatable bonds is 5. The summed E-state index contributed by atoms with van der Waals surface area (Å²) in [6, 6.07) is 0.738. The van der Waals surface area contributed by atoms with Gasteiger partial charge >= 0.3 is 6.18 Å². The number of carbonyl (C=O) groups excluding carboxylic acids is 1. The Labute approximate surface area is 187 Å². The zero-order valence-corrected chi connectivity index (χ0v) is 18.4. The molecule has 2 aromatic heterocycles. The van der Waals surface area contributed by atoms with Crippen molar-refractivity contribution < 1.29 is 22.4 Å². The Morgan fingerprint density at radius 2 is 1.85 bits per heavy atom. The lowest BCUT2D eigenvalue weighted by Gasteiger charge is -2.22. The first kappa shape index (κ1) is 21.8. The molecule has 0 bridgehead atoms. The number of allylic oxidation sites excluding steroid dienone is 4. The van der Waals surface area contributed by atoms with E-state index in [1.54, 1.807) is 26.2 Å². The van der Waals surface area contributed by atoms with Crippen LogP contribution in [-0.2, 0) is 18.8 Å². The van der Waals surface area contributed by atoms with E-state index in [-0.39, 0.29) is 11.6 Å². The zero-order valence-electron chi connectivity index (χ0n) is 18.4. The Morgan fingerprint density at radius 1 is 1.18 bits per heavy atom. The summed E-state index contributed by atoms with van der Waals surface area (Å²) in [4.78, 5) is 21.6. The Kier molecular flexibility index (Phi) is 4.61. The van der Waals surface area contributed by atoms with Crippen LogP contribution < -0.4 is 5.32 Å². The molecule has 2 saturated carbocycles. The van der Waals surface area contributed by atoms with Crippen LogP contribution in [0.5, 0.6) is 0 Å². The van der Waals surface area contributed by atoms with E-state index in [1.165, 1.54) is 7.05 Å². The predicted octanol–water partition coefficient (Wildman–Crippen LogP) is 4.36. The number of nitrogens with zero attached hydrogens (tertiary/aromatic N) is 4. The number of alkyl halides is 4. The first-order valence-corrected chi connectivity index (χ1v) is 10.8. The highest BCUT2D eigenvalue weighted by Crippen LogP contribution is 2.53. The van der Waals surface area contributed by atoms with Gasteiger partial charge < -0.3 is 5.32 Å². The van der Waals surface area contributed by atoms with Crippen molar-refractivity contribution in [3.63, 3.8) is 0 Å². The first-order valence-electron chi connectivity index (χ1n) is 10.8. The fourth-order valence-electron chi connectivity index (χ4n) is 4.50. The van der Waals surface area contributed by atoms with Crippen molar-refractivity contribution in [3.8, 4) is 0 Å². The molecule has 174 valence electrons. The number of aromatic nitrogens is 4. The average Bonchev–Trinajstić information content (AvgIpc) is 3.63.